The maximum atomic E-state index is 12.8. The van der Waals surface area contributed by atoms with Gasteiger partial charge in [0.05, 0.1) is 19.3 Å². The molecule has 25 heavy (non-hydrogen) atoms. The van der Waals surface area contributed by atoms with Gasteiger partial charge in [0, 0.05) is 25.3 Å². The highest BCUT2D eigenvalue weighted by Gasteiger charge is 2.24. The number of carbonyl (C=O) groups excluding carboxylic acids is 1. The first kappa shape index (κ1) is 19.5. The lowest BCUT2D eigenvalue weighted by atomic mass is 10.1. The summed E-state index contributed by atoms with van der Waals surface area (Å²) in [6, 6.07) is 5.39. The monoisotopic (exact) mass is 350 g/mol. The molecule has 1 aromatic carbocycles. The van der Waals surface area contributed by atoms with E-state index in [4.69, 9.17) is 19.9 Å². The van der Waals surface area contributed by atoms with Crippen molar-refractivity contribution >= 4 is 5.91 Å². The minimum Gasteiger partial charge on any atom is -0.490 e. The maximum absolute atomic E-state index is 12.8. The lowest BCUT2D eigenvalue weighted by Gasteiger charge is -2.32. The number of hydrogen-bond donors (Lipinski definition) is 1. The van der Waals surface area contributed by atoms with Crippen LogP contribution in [-0.4, -0.2) is 56.4 Å². The first-order valence-electron chi connectivity index (χ1n) is 9.20. The molecule has 140 valence electrons. The predicted molar refractivity (Wildman–Crippen MR) is 97.3 cm³/mol. The fourth-order valence-electron chi connectivity index (χ4n) is 2.93. The molecule has 0 unspecified atom stereocenters. The molecule has 6 nitrogen and oxygen atoms in total. The van der Waals surface area contributed by atoms with Crippen molar-refractivity contribution in [2.45, 2.75) is 39.2 Å². The van der Waals surface area contributed by atoms with Crippen molar-refractivity contribution in [1.82, 2.24) is 4.90 Å². The second-order valence-corrected chi connectivity index (χ2v) is 6.03. The molecular weight excluding hydrogens is 320 g/mol. The molecule has 0 aromatic heterocycles. The Morgan fingerprint density at radius 3 is 2.48 bits per heavy atom. The van der Waals surface area contributed by atoms with E-state index < -0.39 is 0 Å². The van der Waals surface area contributed by atoms with E-state index in [1.165, 1.54) is 0 Å². The van der Waals surface area contributed by atoms with Crippen LogP contribution in [-0.2, 0) is 4.74 Å². The number of hydrogen-bond acceptors (Lipinski definition) is 5. The summed E-state index contributed by atoms with van der Waals surface area (Å²) in [7, 11) is 0. The summed E-state index contributed by atoms with van der Waals surface area (Å²) in [5, 5.41) is 0. The van der Waals surface area contributed by atoms with Gasteiger partial charge < -0.3 is 24.8 Å². The van der Waals surface area contributed by atoms with Crippen LogP contribution in [0.1, 0.15) is 43.5 Å². The highest BCUT2D eigenvalue weighted by molar-refractivity contribution is 5.95. The van der Waals surface area contributed by atoms with Crippen molar-refractivity contribution in [2.24, 2.45) is 5.73 Å². The Morgan fingerprint density at radius 1 is 1.16 bits per heavy atom. The Balaban J connectivity index is 1.95. The average Bonchev–Trinajstić information content (AvgIpc) is 2.64. The van der Waals surface area contributed by atoms with Crippen LogP contribution in [0.5, 0.6) is 11.5 Å². The summed E-state index contributed by atoms with van der Waals surface area (Å²) < 4.78 is 17.0. The van der Waals surface area contributed by atoms with Gasteiger partial charge in [0.15, 0.2) is 11.5 Å². The fourth-order valence-corrected chi connectivity index (χ4v) is 2.93. The lowest BCUT2D eigenvalue weighted by Crippen LogP contribution is -2.41. The van der Waals surface area contributed by atoms with E-state index in [1.807, 2.05) is 24.8 Å². The largest absolute Gasteiger partial charge is 0.490 e. The second kappa shape index (κ2) is 10.3. The molecule has 1 aliphatic heterocycles. The highest BCUT2D eigenvalue weighted by Crippen LogP contribution is 2.29. The summed E-state index contributed by atoms with van der Waals surface area (Å²) >= 11 is 0. The summed E-state index contributed by atoms with van der Waals surface area (Å²) in [5.74, 6) is 1.33. The first-order chi connectivity index (χ1) is 12.2. The van der Waals surface area contributed by atoms with Gasteiger partial charge in [-0.2, -0.15) is 0 Å². The zero-order valence-corrected chi connectivity index (χ0v) is 15.3. The number of amides is 1. The SMILES string of the molecule is CCOc1ccc(C(=O)N2CCC(OCCCN)CC2)cc1OCC. The molecule has 2 rings (SSSR count). The number of carbonyl (C=O) groups is 1. The number of likely N-dealkylation sites (tertiary alicyclic amines) is 1. The third kappa shape index (κ3) is 5.61. The molecule has 0 aliphatic carbocycles. The van der Waals surface area contributed by atoms with Crippen molar-refractivity contribution in [1.29, 1.82) is 0 Å². The van der Waals surface area contributed by atoms with Gasteiger partial charge in [-0.1, -0.05) is 0 Å². The van der Waals surface area contributed by atoms with Gasteiger partial charge in [-0.15, -0.1) is 0 Å². The fraction of sp³-hybridized carbons (Fsp3) is 0.632. The molecule has 0 saturated carbocycles. The Bertz CT molecular complexity index is 542. The van der Waals surface area contributed by atoms with Crippen molar-refractivity contribution in [3.63, 3.8) is 0 Å². The van der Waals surface area contributed by atoms with Crippen molar-refractivity contribution in [3.8, 4) is 11.5 Å². The molecule has 1 fully saturated rings. The minimum absolute atomic E-state index is 0.0319. The quantitative estimate of drug-likeness (QED) is 0.693. The number of ether oxygens (including phenoxy) is 3. The molecule has 1 saturated heterocycles. The van der Waals surface area contributed by atoms with E-state index in [0.29, 0.717) is 56.5 Å². The van der Waals surface area contributed by atoms with Crippen LogP contribution in [0.25, 0.3) is 0 Å². The third-order valence-electron chi connectivity index (χ3n) is 4.22. The molecule has 2 N–H and O–H groups in total. The smallest absolute Gasteiger partial charge is 0.253 e. The summed E-state index contributed by atoms with van der Waals surface area (Å²) in [6.45, 7) is 7.71. The van der Waals surface area contributed by atoms with Gasteiger partial charge in [-0.05, 0) is 57.9 Å². The first-order valence-corrected chi connectivity index (χ1v) is 9.20. The van der Waals surface area contributed by atoms with E-state index in [9.17, 15) is 4.79 Å². The number of piperidine rings is 1. The van der Waals surface area contributed by atoms with Crippen LogP contribution in [0.4, 0.5) is 0 Å². The molecule has 1 amide bonds. The van der Waals surface area contributed by atoms with Crippen LogP contribution in [0.2, 0.25) is 0 Å². The minimum atomic E-state index is 0.0319. The third-order valence-corrected chi connectivity index (χ3v) is 4.22. The number of nitrogens with zero attached hydrogens (tertiary/aromatic N) is 1. The summed E-state index contributed by atoms with van der Waals surface area (Å²) in [5.41, 5.74) is 6.12. The molecule has 0 radical (unpaired) electrons. The van der Waals surface area contributed by atoms with E-state index in [2.05, 4.69) is 0 Å². The Morgan fingerprint density at radius 2 is 1.84 bits per heavy atom. The zero-order valence-electron chi connectivity index (χ0n) is 15.3. The van der Waals surface area contributed by atoms with Gasteiger partial charge >= 0.3 is 0 Å². The number of nitrogens with two attached hydrogens (primary N) is 1. The van der Waals surface area contributed by atoms with Crippen molar-refractivity contribution in [2.75, 3.05) is 39.5 Å². The van der Waals surface area contributed by atoms with Crippen LogP contribution in [0.3, 0.4) is 0 Å². The van der Waals surface area contributed by atoms with E-state index in [1.54, 1.807) is 12.1 Å². The Kier molecular flexibility index (Phi) is 8.01. The van der Waals surface area contributed by atoms with E-state index in [0.717, 1.165) is 19.3 Å². The van der Waals surface area contributed by atoms with Gasteiger partial charge in [0.2, 0.25) is 0 Å². The lowest BCUT2D eigenvalue weighted by molar-refractivity contribution is 0.00843. The van der Waals surface area contributed by atoms with Crippen LogP contribution in [0.15, 0.2) is 18.2 Å². The molecule has 0 spiro atoms. The topological polar surface area (TPSA) is 74.0 Å². The van der Waals surface area contributed by atoms with Crippen molar-refractivity contribution < 1.29 is 19.0 Å². The maximum Gasteiger partial charge on any atom is 0.253 e. The summed E-state index contributed by atoms with van der Waals surface area (Å²) in [4.78, 5) is 14.6. The van der Waals surface area contributed by atoms with E-state index >= 15 is 0 Å². The molecule has 1 aliphatic rings. The summed E-state index contributed by atoms with van der Waals surface area (Å²) in [6.07, 6.45) is 2.85. The van der Waals surface area contributed by atoms with Crippen LogP contribution >= 0.6 is 0 Å². The van der Waals surface area contributed by atoms with Crippen LogP contribution < -0.4 is 15.2 Å². The Labute approximate surface area is 150 Å². The zero-order chi connectivity index (χ0) is 18.1. The predicted octanol–water partition coefficient (Wildman–Crippen LogP) is 2.45. The molecule has 1 heterocycles. The highest BCUT2D eigenvalue weighted by atomic mass is 16.5. The molecule has 1 aromatic rings. The standard InChI is InChI=1S/C19H30N2O4/c1-3-23-17-7-6-15(14-18(17)24-4-2)19(22)21-11-8-16(9-12-21)25-13-5-10-20/h6-7,14,16H,3-5,8-13,20H2,1-2H3. The van der Waals surface area contributed by atoms with Gasteiger partial charge in [0.1, 0.15) is 0 Å². The van der Waals surface area contributed by atoms with Gasteiger partial charge in [-0.3, -0.25) is 4.79 Å². The second-order valence-electron chi connectivity index (χ2n) is 6.03. The van der Waals surface area contributed by atoms with Gasteiger partial charge in [0.25, 0.3) is 5.91 Å². The number of rotatable bonds is 9. The molecule has 0 bridgehead atoms. The Hall–Kier alpha value is -1.79. The van der Waals surface area contributed by atoms with Crippen molar-refractivity contribution in [3.05, 3.63) is 23.8 Å². The van der Waals surface area contributed by atoms with Gasteiger partial charge in [-0.25, -0.2) is 0 Å². The number of benzene rings is 1. The molecular formula is C19H30N2O4. The molecule has 0 atom stereocenters. The normalized spacial score (nSPS) is 15.2. The average molecular weight is 350 g/mol. The molecule has 6 heteroatoms. The van der Waals surface area contributed by atoms with Crippen LogP contribution in [0, 0.1) is 0 Å². The van der Waals surface area contributed by atoms with E-state index in [-0.39, 0.29) is 12.0 Å².